The summed E-state index contributed by atoms with van der Waals surface area (Å²) in [6, 6.07) is -1.42. The standard InChI is InChI=1S/C11H21F3N2O/c12-11(13,14)10(3-5-15)16-6-1-2-9(8-16)4-7-17/h9-10,17H,1-8,15H2. The molecule has 2 atom stereocenters. The second-order valence-corrected chi connectivity index (χ2v) is 4.65. The van der Waals surface area contributed by atoms with Gasteiger partial charge in [-0.3, -0.25) is 4.90 Å². The Bertz CT molecular complexity index is 221. The Labute approximate surface area is 99.8 Å². The van der Waals surface area contributed by atoms with Gasteiger partial charge in [0.1, 0.15) is 6.04 Å². The molecule has 0 saturated carbocycles. The van der Waals surface area contributed by atoms with E-state index in [-0.39, 0.29) is 25.5 Å². The van der Waals surface area contributed by atoms with Crippen LogP contribution in [0.25, 0.3) is 0 Å². The van der Waals surface area contributed by atoms with Crippen LogP contribution in [-0.2, 0) is 0 Å². The van der Waals surface area contributed by atoms with E-state index in [0.717, 1.165) is 12.8 Å². The fourth-order valence-corrected chi connectivity index (χ4v) is 2.51. The number of nitrogens with zero attached hydrogens (tertiary/aromatic N) is 1. The molecule has 0 aromatic heterocycles. The molecule has 0 amide bonds. The van der Waals surface area contributed by atoms with Crippen molar-refractivity contribution in [2.45, 2.75) is 37.9 Å². The van der Waals surface area contributed by atoms with Gasteiger partial charge in [0, 0.05) is 13.2 Å². The number of aliphatic hydroxyl groups is 1. The quantitative estimate of drug-likeness (QED) is 0.779. The average Bonchev–Trinajstić information content (AvgIpc) is 2.25. The van der Waals surface area contributed by atoms with Gasteiger partial charge in [0.2, 0.25) is 0 Å². The van der Waals surface area contributed by atoms with Crippen molar-refractivity contribution in [1.29, 1.82) is 0 Å². The number of alkyl halides is 3. The maximum Gasteiger partial charge on any atom is 0.404 e. The van der Waals surface area contributed by atoms with E-state index in [4.69, 9.17) is 10.8 Å². The Kier molecular flexibility index (Phi) is 5.69. The third-order valence-corrected chi connectivity index (χ3v) is 3.35. The average molecular weight is 254 g/mol. The molecule has 0 bridgehead atoms. The van der Waals surface area contributed by atoms with Gasteiger partial charge in [-0.15, -0.1) is 0 Å². The van der Waals surface area contributed by atoms with Crippen molar-refractivity contribution >= 4 is 0 Å². The molecule has 6 heteroatoms. The van der Waals surface area contributed by atoms with E-state index in [9.17, 15) is 13.2 Å². The van der Waals surface area contributed by atoms with Crippen LogP contribution in [0.1, 0.15) is 25.7 Å². The van der Waals surface area contributed by atoms with Crippen molar-refractivity contribution < 1.29 is 18.3 Å². The summed E-state index contributed by atoms with van der Waals surface area (Å²) in [6.45, 7) is 0.994. The summed E-state index contributed by atoms with van der Waals surface area (Å²) in [7, 11) is 0. The van der Waals surface area contributed by atoms with E-state index in [1.54, 1.807) is 0 Å². The van der Waals surface area contributed by atoms with Crippen LogP contribution in [0.5, 0.6) is 0 Å². The molecule has 1 saturated heterocycles. The van der Waals surface area contributed by atoms with Crippen molar-refractivity contribution in [3.8, 4) is 0 Å². The van der Waals surface area contributed by atoms with Crippen LogP contribution in [0.4, 0.5) is 13.2 Å². The predicted octanol–water partition coefficient (Wildman–Crippen LogP) is 1.36. The first kappa shape index (κ1) is 14.7. The Morgan fingerprint density at radius 1 is 1.41 bits per heavy atom. The number of piperidine rings is 1. The Hall–Kier alpha value is -0.330. The summed E-state index contributed by atoms with van der Waals surface area (Å²) < 4.78 is 38.6. The summed E-state index contributed by atoms with van der Waals surface area (Å²) in [6.07, 6.45) is -1.99. The van der Waals surface area contributed by atoms with Gasteiger partial charge < -0.3 is 10.8 Å². The summed E-state index contributed by atoms with van der Waals surface area (Å²) in [4.78, 5) is 1.48. The van der Waals surface area contributed by atoms with Gasteiger partial charge in [-0.1, -0.05) is 0 Å². The van der Waals surface area contributed by atoms with Crippen LogP contribution in [0, 0.1) is 5.92 Å². The second-order valence-electron chi connectivity index (χ2n) is 4.65. The Morgan fingerprint density at radius 2 is 2.12 bits per heavy atom. The van der Waals surface area contributed by atoms with Gasteiger partial charge in [-0.05, 0) is 44.7 Å². The molecule has 1 heterocycles. The van der Waals surface area contributed by atoms with E-state index in [1.807, 2.05) is 0 Å². The van der Waals surface area contributed by atoms with Gasteiger partial charge in [-0.25, -0.2) is 0 Å². The summed E-state index contributed by atoms with van der Waals surface area (Å²) in [5, 5.41) is 8.85. The van der Waals surface area contributed by atoms with Gasteiger partial charge in [0.15, 0.2) is 0 Å². The fraction of sp³-hybridized carbons (Fsp3) is 1.00. The van der Waals surface area contributed by atoms with E-state index in [1.165, 1.54) is 4.90 Å². The van der Waals surface area contributed by atoms with Crippen molar-refractivity contribution in [3.05, 3.63) is 0 Å². The van der Waals surface area contributed by atoms with Crippen LogP contribution >= 0.6 is 0 Å². The number of aliphatic hydroxyl groups excluding tert-OH is 1. The highest BCUT2D eigenvalue weighted by atomic mass is 19.4. The lowest BCUT2D eigenvalue weighted by Crippen LogP contribution is -2.50. The molecule has 0 aromatic rings. The molecule has 0 aliphatic carbocycles. The van der Waals surface area contributed by atoms with Gasteiger partial charge in [0.25, 0.3) is 0 Å². The minimum atomic E-state index is -4.21. The first-order valence-electron chi connectivity index (χ1n) is 6.10. The monoisotopic (exact) mass is 254 g/mol. The lowest BCUT2D eigenvalue weighted by Gasteiger charge is -2.38. The largest absolute Gasteiger partial charge is 0.404 e. The van der Waals surface area contributed by atoms with E-state index in [0.29, 0.717) is 19.5 Å². The van der Waals surface area contributed by atoms with Crippen LogP contribution in [0.3, 0.4) is 0 Å². The molecule has 102 valence electrons. The number of rotatable bonds is 5. The van der Waals surface area contributed by atoms with Crippen molar-refractivity contribution in [3.63, 3.8) is 0 Å². The van der Waals surface area contributed by atoms with E-state index >= 15 is 0 Å². The molecule has 0 spiro atoms. The maximum atomic E-state index is 12.9. The maximum absolute atomic E-state index is 12.9. The molecule has 0 aromatic carbocycles. The molecule has 3 N–H and O–H groups in total. The van der Waals surface area contributed by atoms with Crippen LogP contribution < -0.4 is 5.73 Å². The minimum Gasteiger partial charge on any atom is -0.396 e. The highest BCUT2D eigenvalue weighted by molar-refractivity contribution is 4.84. The van der Waals surface area contributed by atoms with Crippen LogP contribution in [0.15, 0.2) is 0 Å². The van der Waals surface area contributed by atoms with Crippen LogP contribution in [-0.4, -0.2) is 48.5 Å². The molecular weight excluding hydrogens is 233 g/mol. The normalized spacial score (nSPS) is 24.9. The van der Waals surface area contributed by atoms with Crippen LogP contribution in [0.2, 0.25) is 0 Å². The third-order valence-electron chi connectivity index (χ3n) is 3.35. The van der Waals surface area contributed by atoms with Crippen molar-refractivity contribution in [1.82, 2.24) is 4.90 Å². The number of likely N-dealkylation sites (tertiary alicyclic amines) is 1. The molecule has 3 nitrogen and oxygen atoms in total. The zero-order valence-corrected chi connectivity index (χ0v) is 9.92. The molecule has 1 aliphatic heterocycles. The van der Waals surface area contributed by atoms with E-state index < -0.39 is 12.2 Å². The van der Waals surface area contributed by atoms with Gasteiger partial charge in [-0.2, -0.15) is 13.2 Å². The van der Waals surface area contributed by atoms with Crippen molar-refractivity contribution in [2.24, 2.45) is 11.7 Å². The molecule has 17 heavy (non-hydrogen) atoms. The number of hydrogen-bond acceptors (Lipinski definition) is 3. The summed E-state index contributed by atoms with van der Waals surface area (Å²) >= 11 is 0. The molecule has 0 radical (unpaired) electrons. The summed E-state index contributed by atoms with van der Waals surface area (Å²) in [5.74, 6) is 0.177. The number of halogens is 3. The highest BCUT2D eigenvalue weighted by Crippen LogP contribution is 2.31. The third kappa shape index (κ3) is 4.44. The minimum absolute atomic E-state index is 0.0463. The lowest BCUT2D eigenvalue weighted by molar-refractivity contribution is -0.189. The topological polar surface area (TPSA) is 49.5 Å². The zero-order valence-electron chi connectivity index (χ0n) is 9.92. The molecular formula is C11H21F3N2O. The van der Waals surface area contributed by atoms with Gasteiger partial charge in [0.05, 0.1) is 0 Å². The first-order valence-corrected chi connectivity index (χ1v) is 6.10. The highest BCUT2D eigenvalue weighted by Gasteiger charge is 2.43. The fourth-order valence-electron chi connectivity index (χ4n) is 2.51. The second kappa shape index (κ2) is 6.56. The van der Waals surface area contributed by atoms with Gasteiger partial charge >= 0.3 is 6.18 Å². The SMILES string of the molecule is NCCC(N1CCCC(CCO)C1)C(F)(F)F. The lowest BCUT2D eigenvalue weighted by atomic mass is 9.93. The van der Waals surface area contributed by atoms with Crippen molar-refractivity contribution in [2.75, 3.05) is 26.2 Å². The molecule has 1 fully saturated rings. The summed E-state index contributed by atoms with van der Waals surface area (Å²) in [5.41, 5.74) is 5.26. The smallest absolute Gasteiger partial charge is 0.396 e. The molecule has 1 aliphatic rings. The molecule has 2 unspecified atom stereocenters. The first-order chi connectivity index (χ1) is 7.99. The van der Waals surface area contributed by atoms with E-state index in [2.05, 4.69) is 0 Å². The zero-order chi connectivity index (χ0) is 12.9. The Balaban J connectivity index is 2.60. The Morgan fingerprint density at radius 3 is 2.65 bits per heavy atom. The number of hydrogen-bond donors (Lipinski definition) is 2. The predicted molar refractivity (Wildman–Crippen MR) is 59.5 cm³/mol. The molecule has 1 rings (SSSR count). The number of nitrogens with two attached hydrogens (primary N) is 1.